The van der Waals surface area contributed by atoms with Gasteiger partial charge in [0, 0.05) is 17.1 Å². The van der Waals surface area contributed by atoms with E-state index in [0.29, 0.717) is 0 Å². The highest BCUT2D eigenvalue weighted by molar-refractivity contribution is 7.11. The molecular weight excluding hydrogens is 292 g/mol. The number of nitrogen functional groups attached to an aromatic ring is 1. The molecule has 2 rings (SSSR count). The van der Waals surface area contributed by atoms with Crippen LogP contribution in [0.3, 0.4) is 0 Å². The van der Waals surface area contributed by atoms with Crippen LogP contribution in [-0.2, 0) is 0 Å². The zero-order chi connectivity index (χ0) is 15.6. The third kappa shape index (κ3) is 3.16. The van der Waals surface area contributed by atoms with E-state index in [-0.39, 0.29) is 23.0 Å². The highest BCUT2D eigenvalue weighted by atomic mass is 32.1. The van der Waals surface area contributed by atoms with Gasteiger partial charge >= 0.3 is 0 Å². The Morgan fingerprint density at radius 1 is 1.52 bits per heavy atom. The number of hydrogen-bond donors (Lipinski definition) is 2. The summed E-state index contributed by atoms with van der Waals surface area (Å²) >= 11 is 1.48. The molecule has 110 valence electrons. The topological polar surface area (TPSA) is 111 Å². The van der Waals surface area contributed by atoms with E-state index < -0.39 is 10.8 Å². The second kappa shape index (κ2) is 5.88. The van der Waals surface area contributed by atoms with Crippen molar-refractivity contribution in [1.82, 2.24) is 10.3 Å². The van der Waals surface area contributed by atoms with Crippen LogP contribution in [0.15, 0.2) is 24.4 Å². The van der Waals surface area contributed by atoms with Crippen LogP contribution in [0, 0.1) is 17.0 Å². The third-order valence-corrected chi connectivity index (χ3v) is 3.98. The summed E-state index contributed by atoms with van der Waals surface area (Å²) in [7, 11) is 0. The Bertz CT molecular complexity index is 698. The average Bonchev–Trinajstić information content (AvgIpc) is 2.85. The average molecular weight is 306 g/mol. The van der Waals surface area contributed by atoms with Gasteiger partial charge in [-0.15, -0.1) is 11.3 Å². The number of nitrogens with two attached hydrogens (primary N) is 1. The van der Waals surface area contributed by atoms with Crippen LogP contribution in [0.4, 0.5) is 11.4 Å². The number of carbonyl (C=O) groups is 1. The smallest absolute Gasteiger partial charge is 0.292 e. The maximum absolute atomic E-state index is 12.2. The molecule has 0 spiro atoms. The number of nitrogens with one attached hydrogen (secondary N) is 1. The zero-order valence-electron chi connectivity index (χ0n) is 11.5. The molecule has 1 atom stereocenters. The summed E-state index contributed by atoms with van der Waals surface area (Å²) in [4.78, 5) is 27.6. The van der Waals surface area contributed by atoms with Gasteiger partial charge in [-0.1, -0.05) is 6.07 Å². The molecule has 3 N–H and O–H groups in total. The zero-order valence-corrected chi connectivity index (χ0v) is 12.3. The van der Waals surface area contributed by atoms with Crippen molar-refractivity contribution in [1.29, 1.82) is 0 Å². The number of carbonyl (C=O) groups excluding carboxylic acids is 1. The summed E-state index contributed by atoms with van der Waals surface area (Å²) in [6.07, 6.45) is 1.73. The quantitative estimate of drug-likeness (QED) is 0.512. The summed E-state index contributed by atoms with van der Waals surface area (Å²) in [6, 6.07) is 3.86. The van der Waals surface area contributed by atoms with E-state index in [1.54, 1.807) is 13.1 Å². The maximum atomic E-state index is 12.2. The molecule has 0 aliphatic rings. The van der Waals surface area contributed by atoms with Crippen LogP contribution >= 0.6 is 11.3 Å². The van der Waals surface area contributed by atoms with Crippen LogP contribution in [0.25, 0.3) is 0 Å². The van der Waals surface area contributed by atoms with Crippen molar-refractivity contribution < 1.29 is 9.72 Å². The van der Waals surface area contributed by atoms with E-state index in [1.807, 2.05) is 6.92 Å². The Balaban J connectivity index is 2.21. The van der Waals surface area contributed by atoms with Gasteiger partial charge in [-0.25, -0.2) is 4.98 Å². The Morgan fingerprint density at radius 3 is 2.81 bits per heavy atom. The van der Waals surface area contributed by atoms with Crippen LogP contribution in [0.5, 0.6) is 0 Å². The number of thiazole rings is 1. The fourth-order valence-electron chi connectivity index (χ4n) is 1.82. The molecule has 0 saturated carbocycles. The summed E-state index contributed by atoms with van der Waals surface area (Å²) in [5.41, 5.74) is 5.36. The first-order valence-electron chi connectivity index (χ1n) is 6.16. The molecule has 2 aromatic rings. The first-order valence-corrected chi connectivity index (χ1v) is 6.98. The maximum Gasteiger partial charge on any atom is 0.292 e. The van der Waals surface area contributed by atoms with Crippen molar-refractivity contribution in [2.45, 2.75) is 19.9 Å². The van der Waals surface area contributed by atoms with Gasteiger partial charge in [0.1, 0.15) is 10.7 Å². The van der Waals surface area contributed by atoms with E-state index in [4.69, 9.17) is 5.73 Å². The summed E-state index contributed by atoms with van der Waals surface area (Å²) in [5.74, 6) is -0.462. The highest BCUT2D eigenvalue weighted by Gasteiger charge is 2.21. The molecule has 0 saturated heterocycles. The second-order valence-corrected chi connectivity index (χ2v) is 5.77. The number of anilines is 1. The molecule has 0 bridgehead atoms. The van der Waals surface area contributed by atoms with Crippen LogP contribution < -0.4 is 11.1 Å². The number of nitrogens with zero attached hydrogens (tertiary/aromatic N) is 2. The number of nitro benzene ring substituents is 1. The number of rotatable bonds is 4. The van der Waals surface area contributed by atoms with Gasteiger partial charge in [-0.2, -0.15) is 0 Å². The van der Waals surface area contributed by atoms with E-state index >= 15 is 0 Å². The fourth-order valence-corrected chi connectivity index (χ4v) is 2.60. The Hall–Kier alpha value is -2.48. The first-order chi connectivity index (χ1) is 9.90. The molecule has 0 radical (unpaired) electrons. The number of hydrogen-bond acceptors (Lipinski definition) is 6. The molecular formula is C13H14N4O3S. The normalized spacial score (nSPS) is 11.9. The Labute approximate surface area is 125 Å². The van der Waals surface area contributed by atoms with Gasteiger partial charge in [0.25, 0.3) is 11.6 Å². The number of nitro groups is 1. The fraction of sp³-hybridized carbons (Fsp3) is 0.231. The van der Waals surface area contributed by atoms with E-state index in [0.717, 1.165) is 9.88 Å². The second-order valence-electron chi connectivity index (χ2n) is 4.50. The SMILES string of the molecule is Cc1cnc(C(C)NC(=O)c2cccc([N+](=O)[O-])c2N)s1. The summed E-state index contributed by atoms with van der Waals surface area (Å²) < 4.78 is 0. The van der Waals surface area contributed by atoms with E-state index in [1.165, 1.54) is 29.5 Å². The van der Waals surface area contributed by atoms with Crippen LogP contribution in [0.2, 0.25) is 0 Å². The van der Waals surface area contributed by atoms with Gasteiger partial charge in [0.15, 0.2) is 0 Å². The highest BCUT2D eigenvalue weighted by Crippen LogP contribution is 2.26. The first kappa shape index (κ1) is 14.9. The van der Waals surface area contributed by atoms with Crippen molar-refractivity contribution >= 4 is 28.6 Å². The predicted molar refractivity (Wildman–Crippen MR) is 80.2 cm³/mol. The lowest BCUT2D eigenvalue weighted by atomic mass is 10.1. The summed E-state index contributed by atoms with van der Waals surface area (Å²) in [5, 5.41) is 14.3. The lowest BCUT2D eigenvalue weighted by molar-refractivity contribution is -0.383. The minimum atomic E-state index is -0.611. The number of aryl methyl sites for hydroxylation is 1. The molecule has 1 unspecified atom stereocenters. The van der Waals surface area contributed by atoms with Crippen molar-refractivity contribution in [2.75, 3.05) is 5.73 Å². The van der Waals surface area contributed by atoms with E-state index in [9.17, 15) is 14.9 Å². The van der Waals surface area contributed by atoms with Crippen molar-refractivity contribution in [2.24, 2.45) is 0 Å². The molecule has 1 heterocycles. The predicted octanol–water partition coefficient (Wildman–Crippen LogP) is 2.43. The minimum Gasteiger partial charge on any atom is -0.393 e. The van der Waals surface area contributed by atoms with Crippen LogP contribution in [0.1, 0.15) is 33.2 Å². The number of amides is 1. The molecule has 1 aromatic carbocycles. The van der Waals surface area contributed by atoms with Crippen molar-refractivity contribution in [3.8, 4) is 0 Å². The largest absolute Gasteiger partial charge is 0.393 e. The number of benzene rings is 1. The van der Waals surface area contributed by atoms with Gasteiger partial charge < -0.3 is 11.1 Å². The number of para-hydroxylation sites is 1. The third-order valence-electron chi connectivity index (χ3n) is 2.88. The van der Waals surface area contributed by atoms with Gasteiger partial charge in [-0.3, -0.25) is 14.9 Å². The molecule has 0 fully saturated rings. The molecule has 21 heavy (non-hydrogen) atoms. The summed E-state index contributed by atoms with van der Waals surface area (Å²) in [6.45, 7) is 3.72. The van der Waals surface area contributed by atoms with Gasteiger partial charge in [0.05, 0.1) is 16.5 Å². The van der Waals surface area contributed by atoms with Crippen molar-refractivity contribution in [3.63, 3.8) is 0 Å². The molecule has 8 heteroatoms. The van der Waals surface area contributed by atoms with Crippen LogP contribution in [-0.4, -0.2) is 15.8 Å². The molecule has 1 aromatic heterocycles. The Kier molecular flexibility index (Phi) is 4.18. The number of aromatic nitrogens is 1. The molecule has 1 amide bonds. The molecule has 7 nitrogen and oxygen atoms in total. The lowest BCUT2D eigenvalue weighted by Crippen LogP contribution is -2.27. The minimum absolute atomic E-state index is 0.0873. The van der Waals surface area contributed by atoms with Crippen molar-refractivity contribution in [3.05, 3.63) is 50.0 Å². The standard InChI is InChI=1S/C13H14N4O3S/c1-7-6-15-13(21-7)8(2)16-12(18)9-4-3-5-10(11(9)14)17(19)20/h3-6,8H,14H2,1-2H3,(H,16,18). The Morgan fingerprint density at radius 2 is 2.24 bits per heavy atom. The molecule has 0 aliphatic carbocycles. The lowest BCUT2D eigenvalue weighted by Gasteiger charge is -2.12. The van der Waals surface area contributed by atoms with Gasteiger partial charge in [0.2, 0.25) is 0 Å². The molecule has 0 aliphatic heterocycles. The van der Waals surface area contributed by atoms with E-state index in [2.05, 4.69) is 10.3 Å². The van der Waals surface area contributed by atoms with Gasteiger partial charge in [-0.05, 0) is 19.9 Å². The monoisotopic (exact) mass is 306 g/mol.